The fraction of sp³-hybridized carbons (Fsp3) is 0.682. The molecule has 4 aliphatic rings. The van der Waals surface area contributed by atoms with Crippen molar-refractivity contribution in [2.24, 2.45) is 28.6 Å². The van der Waals surface area contributed by atoms with Gasteiger partial charge < -0.3 is 4.74 Å². The van der Waals surface area contributed by atoms with E-state index >= 15 is 0 Å². The van der Waals surface area contributed by atoms with Gasteiger partial charge in [-0.05, 0) is 66.9 Å². The first kappa shape index (κ1) is 16.2. The van der Waals surface area contributed by atoms with Crippen molar-refractivity contribution in [3.63, 3.8) is 0 Å². The molecule has 24 heavy (non-hydrogen) atoms. The summed E-state index contributed by atoms with van der Waals surface area (Å²) in [7, 11) is 0. The molecule has 0 radical (unpaired) electrons. The third-order valence-electron chi connectivity index (χ3n) is 7.83. The Morgan fingerprint density at radius 2 is 2.00 bits per heavy atom. The van der Waals surface area contributed by atoms with Gasteiger partial charge >= 0.3 is 0 Å². The molecule has 0 aromatic heterocycles. The topological polar surface area (TPSA) is 26.3 Å². The summed E-state index contributed by atoms with van der Waals surface area (Å²) in [4.78, 5) is 12.5. The first-order valence-electron chi connectivity index (χ1n) is 9.67. The first-order valence-corrected chi connectivity index (χ1v) is 9.67. The summed E-state index contributed by atoms with van der Waals surface area (Å²) in [6.07, 6.45) is 14.2. The van der Waals surface area contributed by atoms with Crippen molar-refractivity contribution in [3.8, 4) is 0 Å². The van der Waals surface area contributed by atoms with Gasteiger partial charge in [0.05, 0.1) is 5.76 Å². The second kappa shape index (κ2) is 5.61. The fourth-order valence-electron chi connectivity index (χ4n) is 6.35. The van der Waals surface area contributed by atoms with Crippen LogP contribution in [0, 0.1) is 28.6 Å². The van der Waals surface area contributed by atoms with E-state index in [2.05, 4.69) is 32.6 Å². The Kier molecular flexibility index (Phi) is 3.78. The van der Waals surface area contributed by atoms with E-state index in [1.165, 1.54) is 18.4 Å². The summed E-state index contributed by atoms with van der Waals surface area (Å²) >= 11 is 0. The van der Waals surface area contributed by atoms with Gasteiger partial charge in [0.25, 0.3) is 0 Å². The number of carbonyl (C=O) groups excluding carboxylic acids is 1. The number of fused-ring (bicyclic) bond motifs is 5. The number of Topliss-reactive ketones (excluding diaryl/α,β-unsaturated/α-hetero) is 1. The van der Waals surface area contributed by atoms with Crippen LogP contribution in [0.5, 0.6) is 0 Å². The van der Waals surface area contributed by atoms with Crippen LogP contribution in [0.2, 0.25) is 0 Å². The van der Waals surface area contributed by atoms with Crippen LogP contribution in [0.3, 0.4) is 0 Å². The minimum absolute atomic E-state index is 0.0222. The van der Waals surface area contributed by atoms with Crippen molar-refractivity contribution in [1.82, 2.24) is 0 Å². The molecule has 4 aliphatic carbocycles. The van der Waals surface area contributed by atoms with E-state index in [4.69, 9.17) is 4.74 Å². The molecule has 0 bridgehead atoms. The molecule has 0 spiro atoms. The second-order valence-corrected chi connectivity index (χ2v) is 8.82. The Balaban J connectivity index is 1.63. The summed E-state index contributed by atoms with van der Waals surface area (Å²) in [6, 6.07) is 0. The van der Waals surface area contributed by atoms with Crippen molar-refractivity contribution in [2.75, 3.05) is 6.61 Å². The average molecular weight is 326 g/mol. The minimum Gasteiger partial charge on any atom is -0.494 e. The third-order valence-corrected chi connectivity index (χ3v) is 7.83. The first-order chi connectivity index (χ1) is 11.5. The molecule has 2 nitrogen and oxygen atoms in total. The monoisotopic (exact) mass is 326 g/mol. The van der Waals surface area contributed by atoms with Crippen LogP contribution >= 0.6 is 0 Å². The van der Waals surface area contributed by atoms with E-state index in [1.54, 1.807) is 0 Å². The smallest absolute Gasteiger partial charge is 0.139 e. The molecular formula is C22H30O2. The van der Waals surface area contributed by atoms with Crippen LogP contribution < -0.4 is 0 Å². The lowest BCUT2D eigenvalue weighted by Crippen LogP contribution is -2.49. The summed E-state index contributed by atoms with van der Waals surface area (Å²) in [6.45, 7) is 9.07. The minimum atomic E-state index is -0.0222. The molecule has 0 saturated heterocycles. The van der Waals surface area contributed by atoms with Crippen LogP contribution in [0.4, 0.5) is 0 Å². The maximum Gasteiger partial charge on any atom is 0.139 e. The average Bonchev–Trinajstić information content (AvgIpc) is 2.88. The molecule has 0 amide bonds. The van der Waals surface area contributed by atoms with Gasteiger partial charge in [0.2, 0.25) is 0 Å². The summed E-state index contributed by atoms with van der Waals surface area (Å²) < 4.78 is 5.82. The van der Waals surface area contributed by atoms with Crippen LogP contribution in [-0.2, 0) is 9.53 Å². The molecule has 0 aromatic carbocycles. The Hall–Kier alpha value is -1.31. The standard InChI is InChI=1S/C22H30O2/c1-4-13-24-16-9-11-21(2)15(14-16)5-6-17-18-7-8-20(23)22(18,3)12-10-19(17)21/h4-5,14,17-19H,1,6-13H2,2-3H3/t17-,18-,19-,21-,22-/m0/s1. The van der Waals surface area contributed by atoms with Crippen LogP contribution in [-0.4, -0.2) is 12.4 Å². The summed E-state index contributed by atoms with van der Waals surface area (Å²) in [5, 5.41) is 0. The Morgan fingerprint density at radius 3 is 2.79 bits per heavy atom. The Morgan fingerprint density at radius 1 is 1.21 bits per heavy atom. The number of ketones is 1. The highest BCUT2D eigenvalue weighted by Crippen LogP contribution is 2.63. The van der Waals surface area contributed by atoms with Crippen molar-refractivity contribution < 1.29 is 9.53 Å². The van der Waals surface area contributed by atoms with E-state index in [1.807, 2.05) is 6.08 Å². The molecule has 2 saturated carbocycles. The van der Waals surface area contributed by atoms with Gasteiger partial charge in [-0.25, -0.2) is 0 Å². The maximum atomic E-state index is 12.5. The van der Waals surface area contributed by atoms with Gasteiger partial charge in [-0.2, -0.15) is 0 Å². The predicted octanol–water partition coefficient (Wildman–Crippen LogP) is 5.21. The largest absolute Gasteiger partial charge is 0.494 e. The van der Waals surface area contributed by atoms with Crippen molar-refractivity contribution in [2.45, 2.75) is 58.8 Å². The van der Waals surface area contributed by atoms with E-state index < -0.39 is 0 Å². The summed E-state index contributed by atoms with van der Waals surface area (Å²) in [5.74, 6) is 3.70. The lowest BCUT2D eigenvalue weighted by Gasteiger charge is -2.55. The number of rotatable bonds is 3. The molecule has 5 atom stereocenters. The van der Waals surface area contributed by atoms with E-state index in [0.717, 1.165) is 43.8 Å². The van der Waals surface area contributed by atoms with Crippen molar-refractivity contribution in [1.29, 1.82) is 0 Å². The van der Waals surface area contributed by atoms with Crippen LogP contribution in [0.1, 0.15) is 58.8 Å². The number of carbonyl (C=O) groups is 1. The molecule has 0 aliphatic heterocycles. The van der Waals surface area contributed by atoms with Gasteiger partial charge in [-0.15, -0.1) is 0 Å². The van der Waals surface area contributed by atoms with Gasteiger partial charge in [-0.3, -0.25) is 4.79 Å². The highest BCUT2D eigenvalue weighted by Gasteiger charge is 2.58. The highest BCUT2D eigenvalue weighted by atomic mass is 16.5. The molecule has 4 rings (SSSR count). The van der Waals surface area contributed by atoms with Crippen LogP contribution in [0.25, 0.3) is 0 Å². The number of hydrogen-bond acceptors (Lipinski definition) is 2. The van der Waals surface area contributed by atoms with Gasteiger partial charge in [-0.1, -0.05) is 32.6 Å². The Labute approximate surface area is 146 Å². The number of hydrogen-bond donors (Lipinski definition) is 0. The van der Waals surface area contributed by atoms with Gasteiger partial charge in [0.1, 0.15) is 12.4 Å². The molecule has 2 heteroatoms. The zero-order valence-corrected chi connectivity index (χ0v) is 15.1. The van der Waals surface area contributed by atoms with Crippen molar-refractivity contribution in [3.05, 3.63) is 36.1 Å². The normalized spacial score (nSPS) is 43.9. The summed E-state index contributed by atoms with van der Waals surface area (Å²) in [5.41, 5.74) is 1.74. The Bertz CT molecular complexity index is 628. The zero-order chi connectivity index (χ0) is 16.9. The van der Waals surface area contributed by atoms with E-state index in [9.17, 15) is 4.79 Å². The second-order valence-electron chi connectivity index (χ2n) is 8.82. The highest BCUT2D eigenvalue weighted by molar-refractivity contribution is 5.87. The molecule has 0 N–H and O–H groups in total. The maximum absolute atomic E-state index is 12.5. The molecule has 0 unspecified atom stereocenters. The SMILES string of the molecule is C=CCOC1=CC2=CC[C@@H]3[C@H](CC[C@]4(C)C(=O)CC[C@@H]34)[C@@]2(C)CC1. The molecular weight excluding hydrogens is 296 g/mol. The van der Waals surface area contributed by atoms with E-state index in [-0.39, 0.29) is 10.8 Å². The van der Waals surface area contributed by atoms with Crippen molar-refractivity contribution >= 4 is 5.78 Å². The predicted molar refractivity (Wildman–Crippen MR) is 96.3 cm³/mol. The lowest BCUT2D eigenvalue weighted by molar-refractivity contribution is -0.131. The number of ether oxygens (including phenoxy) is 1. The quantitative estimate of drug-likeness (QED) is 0.665. The van der Waals surface area contributed by atoms with Crippen LogP contribution in [0.15, 0.2) is 36.1 Å². The zero-order valence-electron chi connectivity index (χ0n) is 15.1. The fourth-order valence-corrected chi connectivity index (χ4v) is 6.35. The third kappa shape index (κ3) is 2.18. The lowest BCUT2D eigenvalue weighted by atomic mass is 9.49. The number of allylic oxidation sites excluding steroid dienone is 4. The van der Waals surface area contributed by atoms with E-state index in [0.29, 0.717) is 24.2 Å². The van der Waals surface area contributed by atoms with Gasteiger partial charge in [0, 0.05) is 18.3 Å². The van der Waals surface area contributed by atoms with Gasteiger partial charge in [0.15, 0.2) is 0 Å². The molecule has 0 heterocycles. The molecule has 2 fully saturated rings. The molecule has 0 aromatic rings. The molecule has 130 valence electrons.